The highest BCUT2D eigenvalue weighted by molar-refractivity contribution is 7.73. The molecule has 0 saturated heterocycles. The van der Waals surface area contributed by atoms with Crippen LogP contribution in [0.25, 0.3) is 0 Å². The van der Waals surface area contributed by atoms with Gasteiger partial charge in [-0.3, -0.25) is 4.79 Å². The average Bonchev–Trinajstić information content (AvgIpc) is 2.55. The summed E-state index contributed by atoms with van der Waals surface area (Å²) in [4.78, 5) is 12.6. The normalized spacial score (nSPS) is 18.1. The molecule has 17 heavy (non-hydrogen) atoms. The zero-order chi connectivity index (χ0) is 12.3. The summed E-state index contributed by atoms with van der Waals surface area (Å²) in [6.45, 7) is 3.57. The summed E-state index contributed by atoms with van der Waals surface area (Å²) in [5, 5.41) is 0. The van der Waals surface area contributed by atoms with Crippen molar-refractivity contribution >= 4 is 29.5 Å². The quantitative estimate of drug-likeness (QED) is 0.536. The number of ether oxygens (including phenoxy) is 1. The molecule has 1 aromatic heterocycles. The Labute approximate surface area is 110 Å². The van der Waals surface area contributed by atoms with Crippen molar-refractivity contribution in [1.29, 1.82) is 0 Å². The molecule has 1 aliphatic rings. The molecule has 0 aliphatic carbocycles. The minimum absolute atomic E-state index is 0.0637. The van der Waals surface area contributed by atoms with Crippen LogP contribution in [0.1, 0.15) is 36.3 Å². The Bertz CT molecular complexity index is 462. The fraction of sp³-hybridized carbons (Fsp3) is 0.667. The monoisotopic (exact) mass is 271 g/mol. The molecule has 2 rings (SSSR count). The minimum atomic E-state index is -0.0637. The molecule has 0 N–H and O–H groups in total. The molecule has 1 aromatic rings. The van der Waals surface area contributed by atoms with Gasteiger partial charge in [0.15, 0.2) is 3.95 Å². The van der Waals surface area contributed by atoms with Crippen molar-refractivity contribution < 1.29 is 9.53 Å². The molecule has 3 nitrogen and oxygen atoms in total. The molecule has 5 heteroatoms. The summed E-state index contributed by atoms with van der Waals surface area (Å²) in [6.07, 6.45) is 4.40. The maximum atomic E-state index is 11.4. The van der Waals surface area contributed by atoms with Gasteiger partial charge in [0.25, 0.3) is 0 Å². The van der Waals surface area contributed by atoms with E-state index in [4.69, 9.17) is 17.0 Å². The van der Waals surface area contributed by atoms with E-state index in [2.05, 4.69) is 11.5 Å². The second-order valence-electron chi connectivity index (χ2n) is 4.31. The van der Waals surface area contributed by atoms with Gasteiger partial charge in [0.05, 0.1) is 6.61 Å². The molecule has 2 heterocycles. The van der Waals surface area contributed by atoms with Crippen LogP contribution in [0, 0.1) is 10.9 Å². The number of carbonyl (C=O) groups excluding carboxylic acids is 1. The van der Waals surface area contributed by atoms with Gasteiger partial charge >= 0.3 is 5.97 Å². The Kier molecular flexibility index (Phi) is 4.34. The lowest BCUT2D eigenvalue weighted by atomic mass is 10.2. The van der Waals surface area contributed by atoms with Crippen molar-refractivity contribution in [2.75, 3.05) is 6.61 Å². The number of cyclic esters (lactones) is 1. The second-order valence-corrected chi connectivity index (χ2v) is 6.04. The Morgan fingerprint density at radius 1 is 1.29 bits per heavy atom. The zero-order valence-electron chi connectivity index (χ0n) is 10.0. The number of carbonyl (C=O) groups is 1. The van der Waals surface area contributed by atoms with Crippen LogP contribution in [0.4, 0.5) is 0 Å². The van der Waals surface area contributed by atoms with E-state index in [1.807, 2.05) is 0 Å². The lowest BCUT2D eigenvalue weighted by molar-refractivity contribution is -0.143. The summed E-state index contributed by atoms with van der Waals surface area (Å²) in [6, 6.07) is 0. The van der Waals surface area contributed by atoms with E-state index in [1.54, 1.807) is 11.3 Å². The number of thiazole rings is 1. The summed E-state index contributed by atoms with van der Waals surface area (Å²) >= 11 is 7.02. The molecule has 0 aromatic carbocycles. The van der Waals surface area contributed by atoms with Gasteiger partial charge in [-0.05, 0) is 32.0 Å². The Balaban J connectivity index is 2.18. The number of rotatable bonds is 0. The number of hydrogen-bond donors (Lipinski definition) is 0. The lowest BCUT2D eigenvalue weighted by Crippen LogP contribution is -2.09. The third-order valence-corrected chi connectivity index (χ3v) is 4.71. The van der Waals surface area contributed by atoms with Gasteiger partial charge in [-0.2, -0.15) is 0 Å². The van der Waals surface area contributed by atoms with Crippen LogP contribution in [0.15, 0.2) is 0 Å². The first kappa shape index (κ1) is 12.8. The number of aromatic nitrogens is 1. The number of fused-ring (bicyclic) bond motifs is 2. The molecule has 0 unspecified atom stereocenters. The van der Waals surface area contributed by atoms with Gasteiger partial charge in [-0.15, -0.1) is 11.3 Å². The van der Waals surface area contributed by atoms with E-state index in [-0.39, 0.29) is 5.97 Å². The standard InChI is InChI=1S/C12H17NO2S2/c1-9-10-6-8-15-11(14)5-3-2-4-7-13(9)12(16)17-10/h2-8H2,1H3. The predicted octanol–water partition coefficient (Wildman–Crippen LogP) is 3.25. The van der Waals surface area contributed by atoms with Crippen molar-refractivity contribution in [2.45, 2.75) is 45.6 Å². The number of esters is 1. The van der Waals surface area contributed by atoms with Crippen LogP contribution in [0.3, 0.4) is 0 Å². The van der Waals surface area contributed by atoms with Crippen LogP contribution in [0.2, 0.25) is 0 Å². The third kappa shape index (κ3) is 3.16. The van der Waals surface area contributed by atoms with E-state index in [9.17, 15) is 4.79 Å². The van der Waals surface area contributed by atoms with E-state index in [0.717, 1.165) is 36.2 Å². The largest absolute Gasteiger partial charge is 0.465 e. The maximum absolute atomic E-state index is 11.4. The number of hydrogen-bond acceptors (Lipinski definition) is 4. The predicted molar refractivity (Wildman–Crippen MR) is 71.0 cm³/mol. The van der Waals surface area contributed by atoms with E-state index >= 15 is 0 Å². The average molecular weight is 271 g/mol. The minimum Gasteiger partial charge on any atom is -0.465 e. The molecule has 2 bridgehead atoms. The molecule has 0 radical (unpaired) electrons. The first-order chi connectivity index (χ1) is 8.18. The molecule has 0 fully saturated rings. The van der Waals surface area contributed by atoms with Crippen molar-refractivity contribution in [3.05, 3.63) is 14.5 Å². The molecule has 0 saturated carbocycles. The van der Waals surface area contributed by atoms with E-state index in [1.165, 1.54) is 10.6 Å². The highest BCUT2D eigenvalue weighted by atomic mass is 32.1. The van der Waals surface area contributed by atoms with Gasteiger partial charge in [-0.1, -0.05) is 6.42 Å². The van der Waals surface area contributed by atoms with Crippen LogP contribution in [0.5, 0.6) is 0 Å². The van der Waals surface area contributed by atoms with Crippen molar-refractivity contribution in [3.8, 4) is 0 Å². The summed E-state index contributed by atoms with van der Waals surface area (Å²) in [7, 11) is 0. The Morgan fingerprint density at radius 3 is 2.94 bits per heavy atom. The van der Waals surface area contributed by atoms with Crippen LogP contribution < -0.4 is 0 Å². The second kappa shape index (κ2) is 5.78. The molecule has 0 atom stereocenters. The van der Waals surface area contributed by atoms with Gasteiger partial charge in [-0.25, -0.2) is 0 Å². The smallest absolute Gasteiger partial charge is 0.305 e. The van der Waals surface area contributed by atoms with Crippen LogP contribution in [-0.4, -0.2) is 17.1 Å². The summed E-state index contributed by atoms with van der Waals surface area (Å²) in [5.41, 5.74) is 1.25. The molecule has 0 amide bonds. The van der Waals surface area contributed by atoms with Crippen molar-refractivity contribution in [1.82, 2.24) is 4.57 Å². The molecule has 94 valence electrons. The topological polar surface area (TPSA) is 31.2 Å². The highest BCUT2D eigenvalue weighted by Gasteiger charge is 2.11. The lowest BCUT2D eigenvalue weighted by Gasteiger charge is -2.09. The molecular weight excluding hydrogens is 254 g/mol. The fourth-order valence-corrected chi connectivity index (χ4v) is 3.58. The van der Waals surface area contributed by atoms with E-state index in [0.29, 0.717) is 13.0 Å². The van der Waals surface area contributed by atoms with Crippen molar-refractivity contribution in [2.24, 2.45) is 0 Å². The maximum Gasteiger partial charge on any atom is 0.305 e. The van der Waals surface area contributed by atoms with Crippen LogP contribution in [-0.2, 0) is 22.5 Å². The van der Waals surface area contributed by atoms with Crippen LogP contribution >= 0.6 is 23.6 Å². The van der Waals surface area contributed by atoms with Gasteiger partial charge in [0, 0.05) is 30.0 Å². The Hall–Kier alpha value is -0.680. The Morgan fingerprint density at radius 2 is 2.12 bits per heavy atom. The summed E-state index contributed by atoms with van der Waals surface area (Å²) < 4.78 is 8.37. The van der Waals surface area contributed by atoms with Gasteiger partial charge < -0.3 is 9.30 Å². The SMILES string of the molecule is Cc1c2sc(=S)n1CCCCCC(=O)OCC2. The van der Waals surface area contributed by atoms with Crippen molar-refractivity contribution in [3.63, 3.8) is 0 Å². The first-order valence-electron chi connectivity index (χ1n) is 6.03. The fourth-order valence-electron chi connectivity index (χ4n) is 2.06. The highest BCUT2D eigenvalue weighted by Crippen LogP contribution is 2.21. The van der Waals surface area contributed by atoms with Gasteiger partial charge in [0.2, 0.25) is 0 Å². The molecule has 0 spiro atoms. The first-order valence-corrected chi connectivity index (χ1v) is 7.25. The number of nitrogens with zero attached hydrogens (tertiary/aromatic N) is 1. The molecular formula is C12H17NO2S2. The molecule has 1 aliphatic heterocycles. The van der Waals surface area contributed by atoms with Gasteiger partial charge in [0.1, 0.15) is 0 Å². The zero-order valence-corrected chi connectivity index (χ0v) is 11.7. The van der Waals surface area contributed by atoms with E-state index < -0.39 is 0 Å². The summed E-state index contributed by atoms with van der Waals surface area (Å²) in [5.74, 6) is -0.0637. The third-order valence-electron chi connectivity index (χ3n) is 3.09.